The number of nitrogens with zero attached hydrogens (tertiary/aromatic N) is 3. The van der Waals surface area contributed by atoms with Gasteiger partial charge in [-0.15, -0.1) is 0 Å². The first kappa shape index (κ1) is 14.7. The number of pyridine rings is 1. The first-order chi connectivity index (χ1) is 11.9. The molecule has 1 aromatic carbocycles. The number of rotatable bonds is 6. The van der Waals surface area contributed by atoms with Gasteiger partial charge in [-0.1, -0.05) is 18.2 Å². The molecule has 5 heteroatoms. The van der Waals surface area contributed by atoms with Crippen LogP contribution in [0.4, 0.5) is 0 Å². The molecule has 0 fully saturated rings. The summed E-state index contributed by atoms with van der Waals surface area (Å²) in [5.74, 6) is 1.61. The van der Waals surface area contributed by atoms with Crippen molar-refractivity contribution in [3.05, 3.63) is 84.4 Å². The van der Waals surface area contributed by atoms with Crippen molar-refractivity contribution in [1.29, 1.82) is 0 Å². The van der Waals surface area contributed by atoms with Crippen LogP contribution in [0.1, 0.15) is 17.2 Å². The highest BCUT2D eigenvalue weighted by atomic mass is 16.3. The summed E-state index contributed by atoms with van der Waals surface area (Å²) >= 11 is 0. The summed E-state index contributed by atoms with van der Waals surface area (Å²) in [5.41, 5.74) is 2.83. The van der Waals surface area contributed by atoms with Crippen LogP contribution in [-0.4, -0.2) is 14.9 Å². The molecule has 0 aliphatic rings. The van der Waals surface area contributed by atoms with Crippen molar-refractivity contribution < 1.29 is 8.83 Å². The lowest BCUT2D eigenvalue weighted by Gasteiger charge is -2.19. The molecule has 3 aromatic heterocycles. The molecule has 3 heterocycles. The first-order valence-corrected chi connectivity index (χ1v) is 7.85. The van der Waals surface area contributed by atoms with E-state index in [2.05, 4.69) is 20.9 Å². The SMILES string of the molecule is c1cncc(CN(Cc2ccco2)Cc2nc3ccccc3o2)c1. The van der Waals surface area contributed by atoms with Gasteiger partial charge < -0.3 is 8.83 Å². The summed E-state index contributed by atoms with van der Waals surface area (Å²) < 4.78 is 11.3. The molecular formula is C19H17N3O2. The molecule has 4 aromatic rings. The van der Waals surface area contributed by atoms with E-state index in [1.54, 1.807) is 12.5 Å². The number of oxazole rings is 1. The third kappa shape index (κ3) is 3.36. The molecule has 0 saturated heterocycles. The number of hydrogen-bond acceptors (Lipinski definition) is 5. The Balaban J connectivity index is 1.56. The van der Waals surface area contributed by atoms with E-state index in [1.807, 2.05) is 48.7 Å². The molecule has 0 spiro atoms. The lowest BCUT2D eigenvalue weighted by Crippen LogP contribution is -2.22. The largest absolute Gasteiger partial charge is 0.468 e. The van der Waals surface area contributed by atoms with Gasteiger partial charge >= 0.3 is 0 Å². The van der Waals surface area contributed by atoms with Gasteiger partial charge in [0, 0.05) is 18.9 Å². The van der Waals surface area contributed by atoms with E-state index in [1.165, 1.54) is 0 Å². The molecular weight excluding hydrogens is 302 g/mol. The maximum atomic E-state index is 5.86. The van der Waals surface area contributed by atoms with Crippen LogP contribution in [0.25, 0.3) is 11.1 Å². The molecule has 4 rings (SSSR count). The summed E-state index contributed by atoms with van der Waals surface area (Å²) in [6.07, 6.45) is 5.35. The molecule has 5 nitrogen and oxygen atoms in total. The van der Waals surface area contributed by atoms with Gasteiger partial charge in [-0.2, -0.15) is 0 Å². The van der Waals surface area contributed by atoms with Crippen molar-refractivity contribution in [3.63, 3.8) is 0 Å². The van der Waals surface area contributed by atoms with Crippen molar-refractivity contribution in [3.8, 4) is 0 Å². The molecule has 0 N–H and O–H groups in total. The number of fused-ring (bicyclic) bond motifs is 1. The van der Waals surface area contributed by atoms with Gasteiger partial charge in [-0.25, -0.2) is 4.98 Å². The van der Waals surface area contributed by atoms with E-state index in [0.717, 1.165) is 29.0 Å². The lowest BCUT2D eigenvalue weighted by molar-refractivity contribution is 0.207. The molecule has 0 unspecified atom stereocenters. The Labute approximate surface area is 139 Å². The summed E-state index contributed by atoms with van der Waals surface area (Å²) in [7, 11) is 0. The molecule has 0 bridgehead atoms. The van der Waals surface area contributed by atoms with Gasteiger partial charge in [0.1, 0.15) is 11.3 Å². The minimum absolute atomic E-state index is 0.601. The van der Waals surface area contributed by atoms with Crippen molar-refractivity contribution >= 4 is 11.1 Å². The van der Waals surface area contributed by atoms with E-state index in [0.29, 0.717) is 19.0 Å². The fourth-order valence-corrected chi connectivity index (χ4v) is 2.72. The van der Waals surface area contributed by atoms with Crippen LogP contribution in [0.3, 0.4) is 0 Å². The Morgan fingerprint density at radius 3 is 2.67 bits per heavy atom. The van der Waals surface area contributed by atoms with Crippen LogP contribution in [0.5, 0.6) is 0 Å². The summed E-state index contributed by atoms with van der Waals surface area (Å²) in [5, 5.41) is 0. The predicted molar refractivity (Wildman–Crippen MR) is 89.9 cm³/mol. The normalized spacial score (nSPS) is 11.4. The molecule has 24 heavy (non-hydrogen) atoms. The summed E-state index contributed by atoms with van der Waals surface area (Å²) in [6, 6.07) is 15.7. The Morgan fingerprint density at radius 1 is 0.917 bits per heavy atom. The van der Waals surface area contributed by atoms with Crippen LogP contribution >= 0.6 is 0 Å². The minimum atomic E-state index is 0.601. The van der Waals surface area contributed by atoms with Gasteiger partial charge in [-0.3, -0.25) is 9.88 Å². The molecule has 0 aliphatic heterocycles. The van der Waals surface area contributed by atoms with E-state index in [9.17, 15) is 0 Å². The number of furan rings is 1. The fraction of sp³-hybridized carbons (Fsp3) is 0.158. The average molecular weight is 319 g/mol. The highest BCUT2D eigenvalue weighted by molar-refractivity contribution is 5.72. The first-order valence-electron chi connectivity index (χ1n) is 7.85. The highest BCUT2D eigenvalue weighted by Gasteiger charge is 2.14. The smallest absolute Gasteiger partial charge is 0.209 e. The number of benzene rings is 1. The van der Waals surface area contributed by atoms with Crippen LogP contribution in [0.15, 0.2) is 76.0 Å². The average Bonchev–Trinajstić information content (AvgIpc) is 3.24. The lowest BCUT2D eigenvalue weighted by atomic mass is 10.2. The molecule has 0 saturated carbocycles. The Hall–Kier alpha value is -2.92. The van der Waals surface area contributed by atoms with Crippen LogP contribution in [-0.2, 0) is 19.6 Å². The number of aromatic nitrogens is 2. The second-order valence-corrected chi connectivity index (χ2v) is 5.66. The van der Waals surface area contributed by atoms with Gasteiger partial charge in [-0.05, 0) is 35.9 Å². The Kier molecular flexibility index (Phi) is 4.08. The topological polar surface area (TPSA) is 55.3 Å². The fourth-order valence-electron chi connectivity index (χ4n) is 2.72. The number of para-hydroxylation sites is 2. The van der Waals surface area contributed by atoms with Crippen molar-refractivity contribution in [2.75, 3.05) is 0 Å². The number of hydrogen-bond donors (Lipinski definition) is 0. The zero-order valence-electron chi connectivity index (χ0n) is 13.1. The van der Waals surface area contributed by atoms with E-state index in [4.69, 9.17) is 8.83 Å². The summed E-state index contributed by atoms with van der Waals surface area (Å²) in [4.78, 5) is 11.0. The third-order valence-corrected chi connectivity index (χ3v) is 3.79. The van der Waals surface area contributed by atoms with Gasteiger partial charge in [0.25, 0.3) is 0 Å². The quantitative estimate of drug-likeness (QED) is 0.537. The van der Waals surface area contributed by atoms with E-state index in [-0.39, 0.29) is 0 Å². The molecule has 120 valence electrons. The third-order valence-electron chi connectivity index (χ3n) is 3.79. The maximum absolute atomic E-state index is 5.86. The molecule has 0 radical (unpaired) electrons. The second-order valence-electron chi connectivity index (χ2n) is 5.66. The predicted octanol–water partition coefficient (Wildman–Crippen LogP) is 4.02. The van der Waals surface area contributed by atoms with Crippen LogP contribution in [0.2, 0.25) is 0 Å². The molecule has 0 aliphatic carbocycles. The Bertz CT molecular complexity index is 868. The second kappa shape index (κ2) is 6.68. The van der Waals surface area contributed by atoms with Gasteiger partial charge in [0.05, 0.1) is 19.4 Å². The molecule has 0 atom stereocenters. The Morgan fingerprint density at radius 2 is 1.88 bits per heavy atom. The monoisotopic (exact) mass is 319 g/mol. The maximum Gasteiger partial charge on any atom is 0.209 e. The zero-order chi connectivity index (χ0) is 16.2. The van der Waals surface area contributed by atoms with Crippen molar-refractivity contribution in [1.82, 2.24) is 14.9 Å². The van der Waals surface area contributed by atoms with Crippen LogP contribution < -0.4 is 0 Å². The standard InChI is InChI=1S/C19H17N3O2/c1-2-8-18-17(7-1)21-19(24-18)14-22(13-16-6-4-10-23-16)12-15-5-3-9-20-11-15/h1-11H,12-14H2. The van der Waals surface area contributed by atoms with Crippen molar-refractivity contribution in [2.45, 2.75) is 19.6 Å². The van der Waals surface area contributed by atoms with E-state index >= 15 is 0 Å². The van der Waals surface area contributed by atoms with E-state index < -0.39 is 0 Å². The minimum Gasteiger partial charge on any atom is -0.468 e. The van der Waals surface area contributed by atoms with Gasteiger partial charge in [0.2, 0.25) is 5.89 Å². The highest BCUT2D eigenvalue weighted by Crippen LogP contribution is 2.18. The summed E-state index contributed by atoms with van der Waals surface area (Å²) in [6.45, 7) is 2.03. The van der Waals surface area contributed by atoms with Gasteiger partial charge in [0.15, 0.2) is 5.58 Å². The zero-order valence-corrected chi connectivity index (χ0v) is 13.1. The van der Waals surface area contributed by atoms with Crippen LogP contribution in [0, 0.1) is 0 Å². The molecule has 0 amide bonds. The van der Waals surface area contributed by atoms with Crippen molar-refractivity contribution in [2.24, 2.45) is 0 Å².